The number of benzene rings is 1. The molecule has 0 bridgehead atoms. The molecule has 4 rings (SSSR count). The molecule has 1 aromatic carbocycles. The second-order valence-electron chi connectivity index (χ2n) is 5.34. The van der Waals surface area contributed by atoms with Gasteiger partial charge in [0.2, 0.25) is 5.91 Å². The van der Waals surface area contributed by atoms with Gasteiger partial charge in [0.1, 0.15) is 0 Å². The Balaban J connectivity index is 1.59. The summed E-state index contributed by atoms with van der Waals surface area (Å²) < 4.78 is 5.54. The van der Waals surface area contributed by atoms with Crippen molar-refractivity contribution in [1.82, 2.24) is 5.32 Å². The summed E-state index contributed by atoms with van der Waals surface area (Å²) in [6.07, 6.45) is 3.36. The Kier molecular flexibility index (Phi) is 2.12. The molecular weight excluding hydrogens is 226 g/mol. The smallest absolute Gasteiger partial charge is 0.247 e. The highest BCUT2D eigenvalue weighted by atomic mass is 16.6. The molecule has 0 radical (unpaired) electrons. The van der Waals surface area contributed by atoms with Gasteiger partial charge in [-0.15, -0.1) is 0 Å². The number of ether oxygens (including phenoxy) is 1. The summed E-state index contributed by atoms with van der Waals surface area (Å²) in [4.78, 5) is 11.9. The molecule has 18 heavy (non-hydrogen) atoms. The number of nitrogens with one attached hydrogen (secondary N) is 1. The molecule has 3 aliphatic rings. The number of carbonyl (C=O) groups is 1. The Labute approximate surface area is 106 Å². The normalized spacial score (nSPS) is 32.9. The van der Waals surface area contributed by atoms with Gasteiger partial charge in [-0.25, -0.2) is 0 Å². The lowest BCUT2D eigenvalue weighted by Gasteiger charge is -2.16. The van der Waals surface area contributed by atoms with Gasteiger partial charge in [-0.05, 0) is 24.0 Å². The van der Waals surface area contributed by atoms with Crippen LogP contribution in [0.5, 0.6) is 0 Å². The largest absolute Gasteiger partial charge is 0.369 e. The Morgan fingerprint density at radius 1 is 1.17 bits per heavy atom. The van der Waals surface area contributed by atoms with Gasteiger partial charge in [-0.2, -0.15) is 0 Å². The maximum absolute atomic E-state index is 11.9. The Morgan fingerprint density at radius 2 is 1.94 bits per heavy atom. The van der Waals surface area contributed by atoms with Crippen molar-refractivity contribution in [2.24, 2.45) is 0 Å². The van der Waals surface area contributed by atoms with Crippen LogP contribution in [0.3, 0.4) is 0 Å². The number of hydrogen-bond donors (Lipinski definition) is 1. The summed E-state index contributed by atoms with van der Waals surface area (Å²) in [7, 11) is 0. The van der Waals surface area contributed by atoms with Crippen molar-refractivity contribution in [3.63, 3.8) is 0 Å². The van der Waals surface area contributed by atoms with Crippen molar-refractivity contribution in [1.29, 1.82) is 0 Å². The zero-order valence-corrected chi connectivity index (χ0v) is 10.1. The Morgan fingerprint density at radius 3 is 2.78 bits per heavy atom. The van der Waals surface area contributed by atoms with Gasteiger partial charge in [-0.3, -0.25) is 4.79 Å². The SMILES string of the molecule is O=C1NC(Cc2ccccc2)C2=C1CC1OC1C2. The molecule has 0 aromatic heterocycles. The van der Waals surface area contributed by atoms with Gasteiger partial charge in [0.15, 0.2) is 0 Å². The Bertz CT molecular complexity index is 535. The van der Waals surface area contributed by atoms with E-state index in [1.54, 1.807) is 0 Å². The first kappa shape index (κ1) is 10.3. The van der Waals surface area contributed by atoms with Crippen LogP contribution in [0.4, 0.5) is 0 Å². The fraction of sp³-hybridized carbons (Fsp3) is 0.400. The van der Waals surface area contributed by atoms with Crippen LogP contribution in [-0.2, 0) is 16.0 Å². The highest BCUT2D eigenvalue weighted by molar-refractivity contribution is 5.98. The molecule has 1 saturated heterocycles. The van der Waals surface area contributed by atoms with Gasteiger partial charge >= 0.3 is 0 Å². The highest BCUT2D eigenvalue weighted by Crippen LogP contribution is 2.43. The topological polar surface area (TPSA) is 41.6 Å². The van der Waals surface area contributed by atoms with Crippen LogP contribution < -0.4 is 5.32 Å². The third-order valence-electron chi connectivity index (χ3n) is 4.18. The van der Waals surface area contributed by atoms with Crippen molar-refractivity contribution in [2.45, 2.75) is 37.5 Å². The van der Waals surface area contributed by atoms with Crippen LogP contribution in [0.1, 0.15) is 18.4 Å². The van der Waals surface area contributed by atoms with Crippen LogP contribution in [0.15, 0.2) is 41.5 Å². The van der Waals surface area contributed by atoms with Gasteiger partial charge in [0.25, 0.3) is 0 Å². The monoisotopic (exact) mass is 241 g/mol. The van der Waals surface area contributed by atoms with E-state index >= 15 is 0 Å². The minimum absolute atomic E-state index is 0.125. The van der Waals surface area contributed by atoms with Crippen molar-refractivity contribution < 1.29 is 9.53 Å². The lowest BCUT2D eigenvalue weighted by Crippen LogP contribution is -2.30. The van der Waals surface area contributed by atoms with Crippen LogP contribution in [0, 0.1) is 0 Å². The predicted molar refractivity (Wildman–Crippen MR) is 67.0 cm³/mol. The molecule has 92 valence electrons. The third-order valence-corrected chi connectivity index (χ3v) is 4.18. The summed E-state index contributed by atoms with van der Waals surface area (Å²) in [6, 6.07) is 10.5. The lowest BCUT2D eigenvalue weighted by atomic mass is 9.88. The van der Waals surface area contributed by atoms with E-state index in [0.717, 1.165) is 24.8 Å². The molecule has 1 N–H and O–H groups in total. The van der Waals surface area contributed by atoms with E-state index in [0.29, 0.717) is 12.2 Å². The molecule has 3 heteroatoms. The van der Waals surface area contributed by atoms with Gasteiger partial charge in [0.05, 0.1) is 18.2 Å². The van der Waals surface area contributed by atoms with Crippen molar-refractivity contribution in [3.8, 4) is 0 Å². The lowest BCUT2D eigenvalue weighted by molar-refractivity contribution is -0.117. The summed E-state index contributed by atoms with van der Waals surface area (Å²) in [5.74, 6) is 0.125. The Hall–Kier alpha value is -1.61. The minimum Gasteiger partial charge on any atom is -0.369 e. The molecular formula is C15H15NO2. The molecule has 1 aliphatic carbocycles. The summed E-state index contributed by atoms with van der Waals surface area (Å²) in [6.45, 7) is 0. The zero-order valence-electron chi connectivity index (χ0n) is 10.1. The van der Waals surface area contributed by atoms with Crippen molar-refractivity contribution >= 4 is 5.91 Å². The van der Waals surface area contributed by atoms with Crippen LogP contribution in [0.25, 0.3) is 0 Å². The molecule has 3 unspecified atom stereocenters. The molecule has 0 saturated carbocycles. The average Bonchev–Trinajstić information content (AvgIpc) is 3.09. The van der Waals surface area contributed by atoms with E-state index in [2.05, 4.69) is 17.4 Å². The van der Waals surface area contributed by atoms with Gasteiger partial charge in [-0.1, -0.05) is 30.3 Å². The molecule has 0 spiro atoms. The second kappa shape index (κ2) is 3.69. The first-order valence-corrected chi connectivity index (χ1v) is 6.53. The number of fused-ring (bicyclic) bond motifs is 1. The molecule has 1 fully saturated rings. The molecule has 1 aromatic rings. The van der Waals surface area contributed by atoms with E-state index < -0.39 is 0 Å². The first-order chi connectivity index (χ1) is 8.81. The zero-order chi connectivity index (χ0) is 12.1. The van der Waals surface area contributed by atoms with Crippen LogP contribution in [-0.4, -0.2) is 24.2 Å². The molecule has 3 atom stereocenters. The number of amides is 1. The standard InChI is InChI=1S/C15H15NO2/c17-15-11-8-14-13(18-14)7-10(11)12(16-15)6-9-4-2-1-3-5-9/h1-5,12-14H,6-8H2,(H,16,17). The quantitative estimate of drug-likeness (QED) is 0.799. The predicted octanol–water partition coefficient (Wildman–Crippen LogP) is 1.59. The van der Waals surface area contributed by atoms with E-state index in [-0.39, 0.29) is 11.9 Å². The van der Waals surface area contributed by atoms with Crippen LogP contribution >= 0.6 is 0 Å². The fourth-order valence-electron chi connectivity index (χ4n) is 3.16. The molecule has 1 amide bonds. The number of hydrogen-bond acceptors (Lipinski definition) is 2. The maximum atomic E-state index is 11.9. The second-order valence-corrected chi connectivity index (χ2v) is 5.34. The summed E-state index contributed by atoms with van der Waals surface area (Å²) in [5.41, 5.74) is 3.56. The van der Waals surface area contributed by atoms with E-state index in [9.17, 15) is 4.79 Å². The summed E-state index contributed by atoms with van der Waals surface area (Å²) in [5, 5.41) is 3.12. The first-order valence-electron chi connectivity index (χ1n) is 6.53. The maximum Gasteiger partial charge on any atom is 0.247 e. The number of epoxide rings is 1. The average molecular weight is 241 g/mol. The molecule has 2 heterocycles. The fourth-order valence-corrected chi connectivity index (χ4v) is 3.16. The van der Waals surface area contributed by atoms with Crippen molar-refractivity contribution in [2.75, 3.05) is 0 Å². The third kappa shape index (κ3) is 1.58. The van der Waals surface area contributed by atoms with Gasteiger partial charge < -0.3 is 10.1 Å². The van der Waals surface area contributed by atoms with Crippen LogP contribution in [0.2, 0.25) is 0 Å². The van der Waals surface area contributed by atoms with E-state index in [1.165, 1.54) is 11.1 Å². The van der Waals surface area contributed by atoms with E-state index in [4.69, 9.17) is 4.74 Å². The summed E-state index contributed by atoms with van der Waals surface area (Å²) >= 11 is 0. The minimum atomic E-state index is 0.125. The highest BCUT2D eigenvalue weighted by Gasteiger charge is 2.48. The van der Waals surface area contributed by atoms with E-state index in [1.807, 2.05) is 18.2 Å². The van der Waals surface area contributed by atoms with Gasteiger partial charge in [0, 0.05) is 12.0 Å². The molecule has 3 nitrogen and oxygen atoms in total. The van der Waals surface area contributed by atoms with Crippen molar-refractivity contribution in [3.05, 3.63) is 47.0 Å². The molecule has 2 aliphatic heterocycles. The number of rotatable bonds is 2. The number of carbonyl (C=O) groups excluding carboxylic acids is 1.